The molecule has 0 unspecified atom stereocenters. The molecule has 0 saturated heterocycles. The second-order valence-electron chi connectivity index (χ2n) is 3.46. The van der Waals surface area contributed by atoms with Crippen LogP contribution in [0.2, 0.25) is 0 Å². The number of ether oxygens (including phenoxy) is 1. The summed E-state index contributed by atoms with van der Waals surface area (Å²) in [6, 6.07) is 0. The van der Waals surface area contributed by atoms with Crippen LogP contribution >= 0.6 is 11.3 Å². The highest BCUT2D eigenvalue weighted by Crippen LogP contribution is 2.29. The molecule has 0 aromatic carbocycles. The van der Waals surface area contributed by atoms with Crippen LogP contribution in [0.3, 0.4) is 0 Å². The Hall–Kier alpha value is -0.900. The predicted octanol–water partition coefficient (Wildman–Crippen LogP) is 3.14. The van der Waals surface area contributed by atoms with E-state index in [2.05, 4.69) is 23.6 Å². The van der Waals surface area contributed by atoms with Crippen molar-refractivity contribution in [3.05, 3.63) is 15.6 Å². The quantitative estimate of drug-likeness (QED) is 0.742. The molecular weight excluding hydrogens is 210 g/mol. The fourth-order valence-electron chi connectivity index (χ4n) is 1.52. The molecule has 3 nitrogen and oxygen atoms in total. The minimum atomic E-state index is -0.332. The summed E-state index contributed by atoms with van der Waals surface area (Å²) >= 11 is 1.60. The van der Waals surface area contributed by atoms with E-state index in [1.165, 1.54) is 7.11 Å². The first-order valence-corrected chi connectivity index (χ1v) is 6.01. The lowest BCUT2D eigenvalue weighted by molar-refractivity contribution is 0.0594. The molecule has 15 heavy (non-hydrogen) atoms. The van der Waals surface area contributed by atoms with Gasteiger partial charge in [-0.15, -0.1) is 11.3 Å². The lowest BCUT2D eigenvalue weighted by Gasteiger charge is -2.06. The molecule has 0 amide bonds. The topological polar surface area (TPSA) is 39.2 Å². The molecule has 0 aliphatic rings. The summed E-state index contributed by atoms with van der Waals surface area (Å²) in [4.78, 5) is 16.7. The Kier molecular flexibility index (Phi) is 4.27. The summed E-state index contributed by atoms with van der Waals surface area (Å²) in [5.41, 5.74) is 0.476. The van der Waals surface area contributed by atoms with Gasteiger partial charge < -0.3 is 4.74 Å². The van der Waals surface area contributed by atoms with Gasteiger partial charge in [-0.1, -0.05) is 13.8 Å². The molecule has 0 radical (unpaired) electrons. The number of rotatable bonds is 4. The van der Waals surface area contributed by atoms with Crippen molar-refractivity contribution < 1.29 is 9.53 Å². The van der Waals surface area contributed by atoms with Gasteiger partial charge in [0.1, 0.15) is 0 Å². The van der Waals surface area contributed by atoms with E-state index in [1.807, 2.05) is 6.92 Å². The van der Waals surface area contributed by atoms with Crippen molar-refractivity contribution in [2.45, 2.75) is 39.5 Å². The van der Waals surface area contributed by atoms with Gasteiger partial charge in [-0.25, -0.2) is 9.78 Å². The molecule has 0 saturated carbocycles. The van der Waals surface area contributed by atoms with Crippen molar-refractivity contribution in [3.63, 3.8) is 0 Å². The van der Waals surface area contributed by atoms with E-state index in [1.54, 1.807) is 11.3 Å². The number of aromatic nitrogens is 1. The van der Waals surface area contributed by atoms with Crippen LogP contribution in [0.1, 0.15) is 53.0 Å². The molecule has 0 aliphatic carbocycles. The Labute approximate surface area is 94.5 Å². The van der Waals surface area contributed by atoms with Gasteiger partial charge in [-0.05, 0) is 19.8 Å². The summed E-state index contributed by atoms with van der Waals surface area (Å²) in [6.07, 6.45) is 2.12. The van der Waals surface area contributed by atoms with Crippen molar-refractivity contribution in [2.24, 2.45) is 0 Å². The lowest BCUT2D eigenvalue weighted by atomic mass is 10.1. The summed E-state index contributed by atoms with van der Waals surface area (Å²) < 4.78 is 4.68. The van der Waals surface area contributed by atoms with Gasteiger partial charge >= 0.3 is 5.97 Å². The second kappa shape index (κ2) is 5.26. The van der Waals surface area contributed by atoms with E-state index in [-0.39, 0.29) is 5.97 Å². The van der Waals surface area contributed by atoms with Gasteiger partial charge in [0, 0.05) is 10.8 Å². The molecule has 1 aromatic rings. The zero-order valence-electron chi connectivity index (χ0n) is 9.66. The lowest BCUT2D eigenvalue weighted by Crippen LogP contribution is -2.04. The van der Waals surface area contributed by atoms with Crippen LogP contribution in [0.4, 0.5) is 0 Å². The Morgan fingerprint density at radius 1 is 1.47 bits per heavy atom. The first-order valence-electron chi connectivity index (χ1n) is 5.19. The van der Waals surface area contributed by atoms with Crippen LogP contribution in [0.5, 0.6) is 0 Å². The number of thiazole rings is 1. The maximum atomic E-state index is 11.4. The summed E-state index contributed by atoms with van der Waals surface area (Å²) in [6.45, 7) is 6.20. The number of hydrogen-bond donors (Lipinski definition) is 0. The number of aryl methyl sites for hydroxylation is 1. The fraction of sp³-hybridized carbons (Fsp3) is 0.636. The molecule has 1 heterocycles. The normalized spacial score (nSPS) is 10.7. The zero-order valence-corrected chi connectivity index (χ0v) is 10.5. The second-order valence-corrected chi connectivity index (χ2v) is 4.70. The predicted molar refractivity (Wildman–Crippen MR) is 61.5 cm³/mol. The van der Waals surface area contributed by atoms with Crippen molar-refractivity contribution in [1.29, 1.82) is 0 Å². The molecule has 0 fully saturated rings. The van der Waals surface area contributed by atoms with Crippen molar-refractivity contribution in [2.75, 3.05) is 7.11 Å². The van der Waals surface area contributed by atoms with Crippen LogP contribution in [0.25, 0.3) is 0 Å². The minimum Gasteiger partial charge on any atom is -0.464 e. The van der Waals surface area contributed by atoms with Crippen molar-refractivity contribution in [1.82, 2.24) is 4.98 Å². The number of esters is 1. The number of methoxy groups -OCH3 is 1. The molecular formula is C11H17NO2S. The van der Waals surface area contributed by atoms with Gasteiger partial charge in [0.25, 0.3) is 0 Å². The highest BCUT2D eigenvalue weighted by Gasteiger charge is 2.19. The smallest absolute Gasteiger partial charge is 0.357 e. The molecule has 0 atom stereocenters. The van der Waals surface area contributed by atoms with Gasteiger partial charge in [0.15, 0.2) is 5.69 Å². The average molecular weight is 227 g/mol. The van der Waals surface area contributed by atoms with Crippen LogP contribution < -0.4 is 0 Å². The van der Waals surface area contributed by atoms with Gasteiger partial charge in [-0.3, -0.25) is 0 Å². The molecule has 0 bridgehead atoms. The van der Waals surface area contributed by atoms with E-state index in [0.29, 0.717) is 11.6 Å². The largest absolute Gasteiger partial charge is 0.464 e. The standard InChI is InChI=1S/C11H17NO2S/c1-5-8(6-2)10-12-9(7(3)15-10)11(13)14-4/h8H,5-6H2,1-4H3. The summed E-state index contributed by atoms with van der Waals surface area (Å²) in [7, 11) is 1.39. The third-order valence-electron chi connectivity index (χ3n) is 2.53. The third-order valence-corrected chi connectivity index (χ3v) is 3.66. The van der Waals surface area contributed by atoms with Crippen molar-refractivity contribution >= 4 is 17.3 Å². The molecule has 0 N–H and O–H groups in total. The van der Waals surface area contributed by atoms with Gasteiger partial charge in [0.2, 0.25) is 0 Å². The number of nitrogens with zero attached hydrogens (tertiary/aromatic N) is 1. The first kappa shape index (κ1) is 12.2. The van der Waals surface area contributed by atoms with E-state index in [0.717, 1.165) is 22.7 Å². The van der Waals surface area contributed by atoms with E-state index >= 15 is 0 Å². The molecule has 0 aliphatic heterocycles. The Balaban J connectivity index is 2.99. The molecule has 84 valence electrons. The first-order chi connectivity index (χ1) is 7.13. The van der Waals surface area contributed by atoms with Crippen LogP contribution in [-0.2, 0) is 4.74 Å². The van der Waals surface area contributed by atoms with Crippen LogP contribution in [0, 0.1) is 6.92 Å². The van der Waals surface area contributed by atoms with E-state index in [4.69, 9.17) is 0 Å². The third kappa shape index (κ3) is 2.56. The van der Waals surface area contributed by atoms with Gasteiger partial charge in [-0.2, -0.15) is 0 Å². The highest BCUT2D eigenvalue weighted by molar-refractivity contribution is 7.12. The van der Waals surface area contributed by atoms with Crippen molar-refractivity contribution in [3.8, 4) is 0 Å². The number of carbonyl (C=O) groups excluding carboxylic acids is 1. The minimum absolute atomic E-state index is 0.332. The maximum absolute atomic E-state index is 11.4. The SMILES string of the molecule is CCC(CC)c1nc(C(=O)OC)c(C)s1. The Morgan fingerprint density at radius 2 is 2.07 bits per heavy atom. The fourth-order valence-corrected chi connectivity index (χ4v) is 2.69. The Morgan fingerprint density at radius 3 is 2.53 bits per heavy atom. The Bertz CT molecular complexity index is 342. The van der Waals surface area contributed by atoms with Crippen LogP contribution in [0.15, 0.2) is 0 Å². The highest BCUT2D eigenvalue weighted by atomic mass is 32.1. The van der Waals surface area contributed by atoms with E-state index < -0.39 is 0 Å². The molecule has 1 aromatic heterocycles. The summed E-state index contributed by atoms with van der Waals surface area (Å²) in [5.74, 6) is 0.132. The number of carbonyl (C=O) groups is 1. The average Bonchev–Trinajstić information content (AvgIpc) is 2.61. The zero-order chi connectivity index (χ0) is 11.4. The van der Waals surface area contributed by atoms with Crippen LogP contribution in [-0.4, -0.2) is 18.1 Å². The molecule has 0 spiro atoms. The molecule has 4 heteroatoms. The van der Waals surface area contributed by atoms with E-state index in [9.17, 15) is 4.79 Å². The molecule has 1 rings (SSSR count). The summed E-state index contributed by atoms with van der Waals surface area (Å²) in [5, 5.41) is 1.05. The number of hydrogen-bond acceptors (Lipinski definition) is 4. The van der Waals surface area contributed by atoms with Gasteiger partial charge in [0.05, 0.1) is 12.1 Å². The maximum Gasteiger partial charge on any atom is 0.357 e. The monoisotopic (exact) mass is 227 g/mol.